The smallest absolute Gasteiger partial charge is 0.410 e. The van der Waals surface area contributed by atoms with Crippen molar-refractivity contribution in [1.29, 1.82) is 0 Å². The maximum Gasteiger partial charge on any atom is 0.410 e. The molecule has 0 spiro atoms. The Labute approximate surface area is 220 Å². The zero-order valence-corrected chi connectivity index (χ0v) is 22.6. The molecule has 2 aromatic carbocycles. The molecule has 192 valence electrons. The van der Waals surface area contributed by atoms with Gasteiger partial charge in [-0.2, -0.15) is 5.10 Å². The molecular formula is C27H33BrN4O4. The second kappa shape index (κ2) is 11.3. The molecule has 0 atom stereocenters. The van der Waals surface area contributed by atoms with E-state index in [2.05, 4.69) is 21.2 Å². The van der Waals surface area contributed by atoms with Crippen LogP contribution in [0.15, 0.2) is 53.0 Å². The number of benzene rings is 2. The molecule has 2 amide bonds. The van der Waals surface area contributed by atoms with Gasteiger partial charge < -0.3 is 19.7 Å². The standard InChI is InChI=1S/C27H33BrN4O4/c1-27(2,3)36-26(34)31-15-12-20(13-16-31)24-23-21(28)10-7-11-22(23)32(30-24)17-14-29-25(33)35-18-19-8-5-4-6-9-19/h4-11,20H,12-18H2,1-3H3,(H,29,33). The minimum atomic E-state index is -0.504. The number of aromatic nitrogens is 2. The number of amides is 2. The van der Waals surface area contributed by atoms with Crippen LogP contribution in [0.4, 0.5) is 9.59 Å². The minimum absolute atomic E-state index is 0.231. The highest BCUT2D eigenvalue weighted by Gasteiger charge is 2.30. The van der Waals surface area contributed by atoms with E-state index in [0.29, 0.717) is 26.2 Å². The third-order valence-corrected chi connectivity index (χ3v) is 6.75. The van der Waals surface area contributed by atoms with Crippen LogP contribution in [-0.2, 0) is 22.6 Å². The van der Waals surface area contributed by atoms with Crippen molar-refractivity contribution in [3.05, 3.63) is 64.3 Å². The first kappa shape index (κ1) is 26.0. The van der Waals surface area contributed by atoms with Crippen LogP contribution >= 0.6 is 15.9 Å². The Morgan fingerprint density at radius 1 is 1.08 bits per heavy atom. The molecule has 3 aromatic rings. The number of hydrogen-bond acceptors (Lipinski definition) is 5. The van der Waals surface area contributed by atoms with Gasteiger partial charge in [-0.3, -0.25) is 4.68 Å². The fraction of sp³-hybridized carbons (Fsp3) is 0.444. The van der Waals surface area contributed by atoms with Crippen molar-refractivity contribution in [3.8, 4) is 0 Å². The zero-order chi connectivity index (χ0) is 25.7. The van der Waals surface area contributed by atoms with E-state index in [9.17, 15) is 9.59 Å². The molecule has 1 saturated heterocycles. The summed E-state index contributed by atoms with van der Waals surface area (Å²) in [5.41, 5.74) is 2.47. The van der Waals surface area contributed by atoms with Crippen molar-refractivity contribution in [2.75, 3.05) is 19.6 Å². The topological polar surface area (TPSA) is 85.7 Å². The largest absolute Gasteiger partial charge is 0.445 e. The number of nitrogens with one attached hydrogen (secondary N) is 1. The number of ether oxygens (including phenoxy) is 2. The first-order valence-corrected chi connectivity index (χ1v) is 13.1. The van der Waals surface area contributed by atoms with E-state index in [-0.39, 0.29) is 18.6 Å². The van der Waals surface area contributed by atoms with Gasteiger partial charge in [0.25, 0.3) is 0 Å². The summed E-state index contributed by atoms with van der Waals surface area (Å²) in [6.45, 7) is 8.05. The number of likely N-dealkylation sites (tertiary alicyclic amines) is 1. The maximum atomic E-state index is 12.5. The van der Waals surface area contributed by atoms with Gasteiger partial charge >= 0.3 is 12.2 Å². The van der Waals surface area contributed by atoms with Gasteiger partial charge in [-0.05, 0) is 51.3 Å². The first-order valence-electron chi connectivity index (χ1n) is 12.3. The van der Waals surface area contributed by atoms with Gasteiger partial charge in [0.15, 0.2) is 0 Å². The molecule has 1 aromatic heterocycles. The van der Waals surface area contributed by atoms with Crippen molar-refractivity contribution >= 4 is 39.0 Å². The number of carbonyl (C=O) groups is 2. The monoisotopic (exact) mass is 556 g/mol. The molecule has 1 fully saturated rings. The quantitative estimate of drug-likeness (QED) is 0.412. The molecule has 8 nitrogen and oxygen atoms in total. The average Bonchev–Trinajstić information content (AvgIpc) is 3.22. The van der Waals surface area contributed by atoms with Gasteiger partial charge in [0.2, 0.25) is 0 Å². The lowest BCUT2D eigenvalue weighted by molar-refractivity contribution is 0.0204. The summed E-state index contributed by atoms with van der Waals surface area (Å²) >= 11 is 3.70. The van der Waals surface area contributed by atoms with Gasteiger partial charge in [0.1, 0.15) is 12.2 Å². The maximum absolute atomic E-state index is 12.5. The second-order valence-corrected chi connectivity index (χ2v) is 10.8. The Hall–Kier alpha value is -3.07. The molecule has 0 unspecified atom stereocenters. The summed E-state index contributed by atoms with van der Waals surface area (Å²) < 4.78 is 13.8. The van der Waals surface area contributed by atoms with Crippen LogP contribution < -0.4 is 5.32 Å². The van der Waals surface area contributed by atoms with Crippen LogP contribution in [0.5, 0.6) is 0 Å². The SMILES string of the molecule is CC(C)(C)OC(=O)N1CCC(c2nn(CCNC(=O)OCc3ccccc3)c3cccc(Br)c23)CC1. The van der Waals surface area contributed by atoms with Gasteiger partial charge in [-0.25, -0.2) is 9.59 Å². The highest BCUT2D eigenvalue weighted by molar-refractivity contribution is 9.10. The summed E-state index contributed by atoms with van der Waals surface area (Å²) in [5.74, 6) is 0.231. The molecule has 0 radical (unpaired) electrons. The Balaban J connectivity index is 1.38. The Bertz CT molecular complexity index is 1200. The number of carbonyl (C=O) groups excluding carboxylic acids is 2. The van der Waals surface area contributed by atoms with Crippen LogP contribution in [0.3, 0.4) is 0 Å². The van der Waals surface area contributed by atoms with E-state index in [1.165, 1.54) is 0 Å². The second-order valence-electron chi connectivity index (χ2n) is 9.97. The van der Waals surface area contributed by atoms with Crippen LogP contribution in [-0.4, -0.2) is 52.1 Å². The van der Waals surface area contributed by atoms with Crippen LogP contribution in [0.2, 0.25) is 0 Å². The van der Waals surface area contributed by atoms with E-state index < -0.39 is 11.7 Å². The predicted octanol–water partition coefficient (Wildman–Crippen LogP) is 5.84. The lowest BCUT2D eigenvalue weighted by Gasteiger charge is -2.33. The Kier molecular flexibility index (Phi) is 8.18. The summed E-state index contributed by atoms with van der Waals surface area (Å²) in [7, 11) is 0. The molecule has 1 aliphatic rings. The summed E-state index contributed by atoms with van der Waals surface area (Å²) in [6, 6.07) is 15.6. The molecular weight excluding hydrogens is 524 g/mol. The molecule has 1 aliphatic heterocycles. The lowest BCUT2D eigenvalue weighted by Crippen LogP contribution is -2.41. The van der Waals surface area contributed by atoms with E-state index >= 15 is 0 Å². The van der Waals surface area contributed by atoms with Crippen molar-refractivity contribution in [2.24, 2.45) is 0 Å². The van der Waals surface area contributed by atoms with Gasteiger partial charge in [0, 0.05) is 35.4 Å². The van der Waals surface area contributed by atoms with Crippen LogP contribution in [0.1, 0.15) is 50.8 Å². The third kappa shape index (κ3) is 6.57. The highest BCUT2D eigenvalue weighted by atomic mass is 79.9. The zero-order valence-electron chi connectivity index (χ0n) is 21.0. The molecule has 9 heteroatoms. The predicted molar refractivity (Wildman–Crippen MR) is 142 cm³/mol. The molecule has 0 saturated carbocycles. The Morgan fingerprint density at radius 3 is 2.50 bits per heavy atom. The van der Waals surface area contributed by atoms with Crippen LogP contribution in [0.25, 0.3) is 10.9 Å². The molecule has 2 heterocycles. The molecule has 0 bridgehead atoms. The van der Waals surface area contributed by atoms with E-state index in [1.807, 2.05) is 74.0 Å². The summed E-state index contributed by atoms with van der Waals surface area (Å²) in [5, 5.41) is 8.85. The molecule has 4 rings (SSSR count). The van der Waals surface area contributed by atoms with Crippen molar-refractivity contribution in [1.82, 2.24) is 20.0 Å². The fourth-order valence-electron chi connectivity index (χ4n) is 4.37. The molecule has 0 aliphatic carbocycles. The number of halogens is 1. The molecule has 1 N–H and O–H groups in total. The van der Waals surface area contributed by atoms with Gasteiger partial charge in [-0.15, -0.1) is 0 Å². The number of fused-ring (bicyclic) bond motifs is 1. The van der Waals surface area contributed by atoms with Gasteiger partial charge in [0.05, 0.1) is 17.8 Å². The van der Waals surface area contributed by atoms with E-state index in [4.69, 9.17) is 14.6 Å². The van der Waals surface area contributed by atoms with Crippen molar-refractivity contribution in [2.45, 2.75) is 58.3 Å². The van der Waals surface area contributed by atoms with E-state index in [1.54, 1.807) is 4.90 Å². The number of hydrogen-bond donors (Lipinski definition) is 1. The van der Waals surface area contributed by atoms with Crippen molar-refractivity contribution in [3.63, 3.8) is 0 Å². The first-order chi connectivity index (χ1) is 17.2. The molecule has 36 heavy (non-hydrogen) atoms. The lowest BCUT2D eigenvalue weighted by atomic mass is 9.92. The normalized spacial score (nSPS) is 14.6. The fourth-order valence-corrected chi connectivity index (χ4v) is 4.93. The number of piperidine rings is 1. The Morgan fingerprint density at radius 2 is 1.81 bits per heavy atom. The highest BCUT2D eigenvalue weighted by Crippen LogP contribution is 2.36. The van der Waals surface area contributed by atoms with Crippen molar-refractivity contribution < 1.29 is 19.1 Å². The van der Waals surface area contributed by atoms with Gasteiger partial charge in [-0.1, -0.05) is 52.3 Å². The number of alkyl carbamates (subject to hydrolysis) is 1. The average molecular weight is 557 g/mol. The third-order valence-electron chi connectivity index (χ3n) is 6.09. The van der Waals surface area contributed by atoms with E-state index in [0.717, 1.165) is 39.5 Å². The summed E-state index contributed by atoms with van der Waals surface area (Å²) in [4.78, 5) is 26.4. The summed E-state index contributed by atoms with van der Waals surface area (Å²) in [6.07, 6.45) is 0.919. The minimum Gasteiger partial charge on any atom is -0.445 e. The van der Waals surface area contributed by atoms with Crippen LogP contribution in [0, 0.1) is 0 Å². The number of rotatable bonds is 6. The number of nitrogens with zero attached hydrogens (tertiary/aromatic N) is 3.